The van der Waals surface area contributed by atoms with E-state index in [0.717, 1.165) is 29.5 Å². The lowest BCUT2D eigenvalue weighted by Crippen LogP contribution is -2.47. The van der Waals surface area contributed by atoms with Crippen molar-refractivity contribution in [2.45, 2.75) is 51.2 Å². The Morgan fingerprint density at radius 3 is 2.52 bits per heavy atom. The van der Waals surface area contributed by atoms with Crippen LogP contribution in [0, 0.1) is 0 Å². The molecule has 1 heterocycles. The maximum absolute atomic E-state index is 13.0. The SMILES string of the molecule is CC(=O)N[C@H](C)C(=O)N[C@H]1CC[C@@H](N(C)C(=O)c2ccc(-c3nc4ccccc4o3)cc2)C1. The Labute approximate surface area is 192 Å². The van der Waals surface area contributed by atoms with E-state index in [4.69, 9.17) is 4.42 Å². The lowest BCUT2D eigenvalue weighted by atomic mass is 10.1. The maximum atomic E-state index is 13.0. The van der Waals surface area contributed by atoms with Crippen LogP contribution in [0.2, 0.25) is 0 Å². The summed E-state index contributed by atoms with van der Waals surface area (Å²) in [5.74, 6) is 0.00291. The number of nitrogens with one attached hydrogen (secondary N) is 2. The van der Waals surface area contributed by atoms with Crippen LogP contribution in [0.4, 0.5) is 0 Å². The second kappa shape index (κ2) is 9.44. The molecule has 3 amide bonds. The first-order valence-electron chi connectivity index (χ1n) is 11.1. The Hall–Kier alpha value is -3.68. The summed E-state index contributed by atoms with van der Waals surface area (Å²) in [5.41, 5.74) is 2.91. The molecule has 1 aromatic heterocycles. The minimum Gasteiger partial charge on any atom is -0.436 e. The van der Waals surface area contributed by atoms with Gasteiger partial charge in [0.15, 0.2) is 5.58 Å². The van der Waals surface area contributed by atoms with Crippen molar-refractivity contribution in [2.24, 2.45) is 0 Å². The lowest BCUT2D eigenvalue weighted by molar-refractivity contribution is -0.128. The quantitative estimate of drug-likeness (QED) is 0.603. The van der Waals surface area contributed by atoms with Gasteiger partial charge in [-0.1, -0.05) is 12.1 Å². The van der Waals surface area contributed by atoms with Gasteiger partial charge in [-0.25, -0.2) is 4.98 Å². The molecule has 1 aliphatic carbocycles. The summed E-state index contributed by atoms with van der Waals surface area (Å²) in [6.07, 6.45) is 2.28. The highest BCUT2D eigenvalue weighted by Gasteiger charge is 2.32. The molecule has 0 unspecified atom stereocenters. The fourth-order valence-corrected chi connectivity index (χ4v) is 4.26. The molecule has 1 saturated carbocycles. The summed E-state index contributed by atoms with van der Waals surface area (Å²) < 4.78 is 5.80. The third-order valence-corrected chi connectivity index (χ3v) is 6.11. The standard InChI is InChI=1S/C25H28N4O4/c1-15(26-16(2)30)23(31)27-19-12-13-20(14-19)29(3)25(32)18-10-8-17(9-11-18)24-28-21-6-4-5-7-22(21)33-24/h4-11,15,19-20H,12-14H2,1-3H3,(H,26,30)(H,27,31)/t15-,19+,20-/m1/s1. The minimum absolute atomic E-state index is 0.0181. The molecule has 33 heavy (non-hydrogen) atoms. The average Bonchev–Trinajstić information content (AvgIpc) is 3.45. The second-order valence-electron chi connectivity index (χ2n) is 8.57. The van der Waals surface area contributed by atoms with Crippen LogP contribution < -0.4 is 10.6 Å². The van der Waals surface area contributed by atoms with Gasteiger partial charge in [-0.05, 0) is 62.6 Å². The Bertz CT molecular complexity index is 1140. The highest BCUT2D eigenvalue weighted by Crippen LogP contribution is 2.27. The number of carbonyl (C=O) groups is 3. The Kier molecular flexibility index (Phi) is 6.44. The van der Waals surface area contributed by atoms with Crippen molar-refractivity contribution in [2.75, 3.05) is 7.05 Å². The number of carbonyl (C=O) groups excluding carboxylic acids is 3. The summed E-state index contributed by atoms with van der Waals surface area (Å²) >= 11 is 0. The first-order chi connectivity index (χ1) is 15.8. The molecule has 3 atom stereocenters. The molecule has 1 aliphatic rings. The van der Waals surface area contributed by atoms with E-state index in [9.17, 15) is 14.4 Å². The smallest absolute Gasteiger partial charge is 0.253 e. The highest BCUT2D eigenvalue weighted by atomic mass is 16.3. The van der Waals surface area contributed by atoms with Gasteiger partial charge in [-0.15, -0.1) is 0 Å². The molecule has 0 spiro atoms. The van der Waals surface area contributed by atoms with Crippen molar-refractivity contribution in [3.63, 3.8) is 0 Å². The second-order valence-corrected chi connectivity index (χ2v) is 8.57. The van der Waals surface area contributed by atoms with Crippen LogP contribution in [-0.2, 0) is 9.59 Å². The maximum Gasteiger partial charge on any atom is 0.253 e. The number of hydrogen-bond acceptors (Lipinski definition) is 5. The highest BCUT2D eigenvalue weighted by molar-refractivity contribution is 5.94. The fraction of sp³-hybridized carbons (Fsp3) is 0.360. The van der Waals surface area contributed by atoms with Crippen molar-refractivity contribution in [1.82, 2.24) is 20.5 Å². The van der Waals surface area contributed by atoms with Crippen molar-refractivity contribution in [3.8, 4) is 11.5 Å². The van der Waals surface area contributed by atoms with E-state index in [2.05, 4.69) is 15.6 Å². The summed E-state index contributed by atoms with van der Waals surface area (Å²) in [6, 6.07) is 14.3. The zero-order valence-corrected chi connectivity index (χ0v) is 19.0. The summed E-state index contributed by atoms with van der Waals surface area (Å²) in [5, 5.41) is 5.56. The molecule has 0 saturated heterocycles. The van der Waals surface area contributed by atoms with Crippen LogP contribution in [0.15, 0.2) is 52.9 Å². The van der Waals surface area contributed by atoms with Gasteiger partial charge in [-0.2, -0.15) is 0 Å². The number of oxazole rings is 1. The van der Waals surface area contributed by atoms with E-state index in [0.29, 0.717) is 17.9 Å². The van der Waals surface area contributed by atoms with E-state index < -0.39 is 6.04 Å². The number of aromatic nitrogens is 1. The molecule has 2 aromatic carbocycles. The molecular weight excluding hydrogens is 420 g/mol. The van der Waals surface area contributed by atoms with Crippen LogP contribution >= 0.6 is 0 Å². The topological polar surface area (TPSA) is 105 Å². The monoisotopic (exact) mass is 448 g/mol. The third kappa shape index (κ3) is 5.05. The molecule has 0 bridgehead atoms. The number of hydrogen-bond donors (Lipinski definition) is 2. The normalized spacial score (nSPS) is 18.6. The molecule has 1 fully saturated rings. The number of benzene rings is 2. The lowest BCUT2D eigenvalue weighted by Gasteiger charge is -2.25. The van der Waals surface area contributed by atoms with Crippen LogP contribution in [0.25, 0.3) is 22.6 Å². The predicted octanol–water partition coefficient (Wildman–Crippen LogP) is 3.13. The molecular formula is C25H28N4O4. The molecule has 0 radical (unpaired) electrons. The zero-order valence-electron chi connectivity index (χ0n) is 19.0. The Balaban J connectivity index is 1.36. The van der Waals surface area contributed by atoms with Crippen molar-refractivity contribution < 1.29 is 18.8 Å². The van der Waals surface area contributed by atoms with Gasteiger partial charge in [0.1, 0.15) is 11.6 Å². The summed E-state index contributed by atoms with van der Waals surface area (Å²) in [4.78, 5) is 42.7. The van der Waals surface area contributed by atoms with E-state index in [-0.39, 0.29) is 29.8 Å². The first kappa shape index (κ1) is 22.5. The third-order valence-electron chi connectivity index (χ3n) is 6.11. The van der Waals surface area contributed by atoms with Gasteiger partial charge in [0.05, 0.1) is 0 Å². The Morgan fingerprint density at radius 1 is 1.09 bits per heavy atom. The van der Waals surface area contributed by atoms with Crippen LogP contribution in [-0.4, -0.2) is 52.8 Å². The van der Waals surface area contributed by atoms with Gasteiger partial charge in [0, 0.05) is 37.2 Å². The van der Waals surface area contributed by atoms with E-state index in [1.165, 1.54) is 6.92 Å². The summed E-state index contributed by atoms with van der Waals surface area (Å²) in [7, 11) is 1.80. The molecule has 3 aromatic rings. The van der Waals surface area contributed by atoms with Gasteiger partial charge < -0.3 is 20.0 Å². The van der Waals surface area contributed by atoms with Gasteiger partial charge in [0.2, 0.25) is 17.7 Å². The van der Waals surface area contributed by atoms with Gasteiger partial charge >= 0.3 is 0 Å². The van der Waals surface area contributed by atoms with Crippen molar-refractivity contribution >= 4 is 28.8 Å². The van der Waals surface area contributed by atoms with Gasteiger partial charge in [-0.3, -0.25) is 14.4 Å². The molecule has 2 N–H and O–H groups in total. The van der Waals surface area contributed by atoms with Crippen molar-refractivity contribution in [1.29, 1.82) is 0 Å². The van der Waals surface area contributed by atoms with Crippen LogP contribution in [0.3, 0.4) is 0 Å². The van der Waals surface area contributed by atoms with E-state index in [1.807, 2.05) is 36.4 Å². The number of nitrogens with zero attached hydrogens (tertiary/aromatic N) is 2. The average molecular weight is 449 g/mol. The van der Waals surface area contributed by atoms with E-state index in [1.54, 1.807) is 31.0 Å². The number of rotatable bonds is 6. The molecule has 0 aliphatic heterocycles. The minimum atomic E-state index is -0.583. The fourth-order valence-electron chi connectivity index (χ4n) is 4.26. The van der Waals surface area contributed by atoms with Crippen LogP contribution in [0.1, 0.15) is 43.5 Å². The number of fused-ring (bicyclic) bond motifs is 1. The van der Waals surface area contributed by atoms with Crippen molar-refractivity contribution in [3.05, 3.63) is 54.1 Å². The molecule has 172 valence electrons. The first-order valence-corrected chi connectivity index (χ1v) is 11.1. The molecule has 4 rings (SSSR count). The Morgan fingerprint density at radius 2 is 1.82 bits per heavy atom. The zero-order chi connectivity index (χ0) is 23.5. The van der Waals surface area contributed by atoms with E-state index >= 15 is 0 Å². The van der Waals surface area contributed by atoms with Gasteiger partial charge in [0.25, 0.3) is 5.91 Å². The molecule has 8 nitrogen and oxygen atoms in total. The predicted molar refractivity (Wildman–Crippen MR) is 124 cm³/mol. The number of amides is 3. The summed E-state index contributed by atoms with van der Waals surface area (Å²) in [6.45, 7) is 3.04. The molecule has 8 heteroatoms. The largest absolute Gasteiger partial charge is 0.436 e. The number of para-hydroxylation sites is 2. The van der Waals surface area contributed by atoms with Crippen LogP contribution in [0.5, 0.6) is 0 Å².